The Hall–Kier alpha value is -2.33. The zero-order chi connectivity index (χ0) is 16.8. The van der Waals surface area contributed by atoms with Gasteiger partial charge >= 0.3 is 0 Å². The van der Waals surface area contributed by atoms with E-state index >= 15 is 0 Å². The number of nitrogens with one attached hydrogen (secondary N) is 1. The zero-order valence-corrected chi connectivity index (χ0v) is 14.1. The Morgan fingerprint density at radius 3 is 2.57 bits per heavy atom. The molecule has 0 heterocycles. The molecule has 0 spiro atoms. The second kappa shape index (κ2) is 7.79. The number of hydrogen-bond acceptors (Lipinski definition) is 3. The third-order valence-corrected chi connectivity index (χ3v) is 3.57. The van der Waals surface area contributed by atoms with Crippen LogP contribution >= 0.6 is 11.6 Å². The van der Waals surface area contributed by atoms with Gasteiger partial charge in [-0.2, -0.15) is 5.10 Å². The number of carbonyl (C=O) groups is 1. The number of hydrazone groups is 1. The van der Waals surface area contributed by atoms with Crippen molar-refractivity contribution in [2.75, 3.05) is 0 Å². The smallest absolute Gasteiger partial charge is 0.280 e. The van der Waals surface area contributed by atoms with Crippen molar-refractivity contribution in [2.45, 2.75) is 26.9 Å². The van der Waals surface area contributed by atoms with Gasteiger partial charge in [-0.25, -0.2) is 5.43 Å². The first-order valence-electron chi connectivity index (χ1n) is 7.29. The molecule has 2 aromatic rings. The number of aryl methyl sites for hydroxylation is 1. The van der Waals surface area contributed by atoms with Crippen molar-refractivity contribution < 1.29 is 9.53 Å². The number of halogens is 1. The first-order valence-corrected chi connectivity index (χ1v) is 7.67. The molecule has 0 fully saturated rings. The fourth-order valence-electron chi connectivity index (χ4n) is 1.96. The lowest BCUT2D eigenvalue weighted by Gasteiger charge is -2.15. The summed E-state index contributed by atoms with van der Waals surface area (Å²) in [6.45, 7) is 5.39. The van der Waals surface area contributed by atoms with Gasteiger partial charge in [-0.3, -0.25) is 4.79 Å². The van der Waals surface area contributed by atoms with Crippen LogP contribution < -0.4 is 10.2 Å². The van der Waals surface area contributed by atoms with Gasteiger partial charge in [0, 0.05) is 5.02 Å². The third-order valence-electron chi connectivity index (χ3n) is 3.34. The highest BCUT2D eigenvalue weighted by Crippen LogP contribution is 2.22. The van der Waals surface area contributed by atoms with Crippen molar-refractivity contribution in [3.63, 3.8) is 0 Å². The van der Waals surface area contributed by atoms with Crippen LogP contribution in [0.3, 0.4) is 0 Å². The van der Waals surface area contributed by atoms with Crippen molar-refractivity contribution in [1.29, 1.82) is 0 Å². The molecule has 2 rings (SSSR count). The van der Waals surface area contributed by atoms with Crippen LogP contribution in [-0.4, -0.2) is 17.7 Å². The molecule has 0 saturated carbocycles. The second-order valence-corrected chi connectivity index (χ2v) is 5.65. The highest BCUT2D eigenvalue weighted by molar-refractivity contribution is 6.30. The van der Waals surface area contributed by atoms with Gasteiger partial charge in [0.1, 0.15) is 5.75 Å². The molecule has 2 aromatic carbocycles. The van der Waals surface area contributed by atoms with Gasteiger partial charge in [-0.1, -0.05) is 41.9 Å². The number of rotatable bonds is 5. The summed E-state index contributed by atoms with van der Waals surface area (Å²) < 4.78 is 5.66. The quantitative estimate of drug-likeness (QED) is 0.666. The maximum atomic E-state index is 12.1. The molecule has 1 N–H and O–H groups in total. The first-order chi connectivity index (χ1) is 11.0. The topological polar surface area (TPSA) is 50.7 Å². The minimum Gasteiger partial charge on any atom is -0.481 e. The average molecular weight is 331 g/mol. The molecular formula is C18H19ClN2O2. The number of benzene rings is 2. The van der Waals surface area contributed by atoms with E-state index in [1.807, 2.05) is 44.2 Å². The lowest BCUT2D eigenvalue weighted by atomic mass is 10.1. The SMILES string of the molecule is CC(=NNC(=O)C(C)Oc1ccc(Cl)cc1C)c1ccccc1. The van der Waals surface area contributed by atoms with Gasteiger partial charge < -0.3 is 4.74 Å². The van der Waals surface area contributed by atoms with Gasteiger partial charge in [-0.15, -0.1) is 0 Å². The lowest BCUT2D eigenvalue weighted by molar-refractivity contribution is -0.127. The number of amides is 1. The number of carbonyl (C=O) groups excluding carboxylic acids is 1. The summed E-state index contributed by atoms with van der Waals surface area (Å²) in [7, 11) is 0. The predicted molar refractivity (Wildman–Crippen MR) is 93.1 cm³/mol. The Bertz CT molecular complexity index is 714. The van der Waals surface area contributed by atoms with Crippen LogP contribution in [0.1, 0.15) is 25.0 Å². The number of hydrogen-bond donors (Lipinski definition) is 1. The highest BCUT2D eigenvalue weighted by atomic mass is 35.5. The molecule has 1 amide bonds. The summed E-state index contributed by atoms with van der Waals surface area (Å²) in [6, 6.07) is 14.9. The van der Waals surface area contributed by atoms with E-state index in [1.165, 1.54) is 0 Å². The van der Waals surface area contributed by atoms with Crippen LogP contribution in [-0.2, 0) is 4.79 Å². The van der Waals surface area contributed by atoms with Gasteiger partial charge in [0.2, 0.25) is 0 Å². The maximum Gasteiger partial charge on any atom is 0.280 e. The maximum absolute atomic E-state index is 12.1. The third kappa shape index (κ3) is 4.83. The molecule has 0 radical (unpaired) electrons. The van der Waals surface area contributed by atoms with Crippen LogP contribution in [0.15, 0.2) is 53.6 Å². The summed E-state index contributed by atoms with van der Waals surface area (Å²) in [5.41, 5.74) is 5.09. The van der Waals surface area contributed by atoms with E-state index < -0.39 is 6.10 Å². The van der Waals surface area contributed by atoms with E-state index in [4.69, 9.17) is 16.3 Å². The Kier molecular flexibility index (Phi) is 5.77. The molecule has 5 heteroatoms. The fourth-order valence-corrected chi connectivity index (χ4v) is 2.19. The molecule has 120 valence electrons. The van der Waals surface area contributed by atoms with Crippen LogP contribution in [0.4, 0.5) is 0 Å². The van der Waals surface area contributed by atoms with Gasteiger partial charge in [0.15, 0.2) is 6.10 Å². The van der Waals surface area contributed by atoms with E-state index in [-0.39, 0.29) is 5.91 Å². The standard InChI is InChI=1S/C18H19ClN2O2/c1-12-11-16(19)9-10-17(12)23-14(3)18(22)21-20-13(2)15-7-5-4-6-8-15/h4-11,14H,1-3H3,(H,21,22). The fraction of sp³-hybridized carbons (Fsp3) is 0.222. The highest BCUT2D eigenvalue weighted by Gasteiger charge is 2.15. The molecule has 1 atom stereocenters. The molecule has 0 saturated heterocycles. The number of ether oxygens (including phenoxy) is 1. The predicted octanol–water partition coefficient (Wildman–Crippen LogP) is 3.96. The molecule has 0 aromatic heterocycles. The first kappa shape index (κ1) is 17.0. The Labute approximate surface area is 141 Å². The van der Waals surface area contributed by atoms with Crippen LogP contribution in [0.5, 0.6) is 5.75 Å². The molecule has 4 nitrogen and oxygen atoms in total. The van der Waals surface area contributed by atoms with Crippen molar-refractivity contribution in [2.24, 2.45) is 5.10 Å². The van der Waals surface area contributed by atoms with E-state index in [9.17, 15) is 4.79 Å². The van der Waals surface area contributed by atoms with Gasteiger partial charge in [0.25, 0.3) is 5.91 Å². The van der Waals surface area contributed by atoms with E-state index in [1.54, 1.807) is 25.1 Å². The summed E-state index contributed by atoms with van der Waals surface area (Å²) in [4.78, 5) is 12.1. The molecular weight excluding hydrogens is 312 g/mol. The van der Waals surface area contributed by atoms with Crippen LogP contribution in [0, 0.1) is 6.92 Å². The minimum atomic E-state index is -0.665. The van der Waals surface area contributed by atoms with Crippen molar-refractivity contribution >= 4 is 23.2 Å². The Morgan fingerprint density at radius 2 is 1.91 bits per heavy atom. The van der Waals surface area contributed by atoms with Crippen molar-refractivity contribution in [3.05, 3.63) is 64.7 Å². The molecule has 0 bridgehead atoms. The zero-order valence-electron chi connectivity index (χ0n) is 13.3. The van der Waals surface area contributed by atoms with Crippen LogP contribution in [0.25, 0.3) is 0 Å². The molecule has 23 heavy (non-hydrogen) atoms. The molecule has 0 aliphatic rings. The average Bonchev–Trinajstić information content (AvgIpc) is 2.55. The summed E-state index contributed by atoms with van der Waals surface area (Å²) in [5.74, 6) is 0.315. The molecule has 0 aliphatic carbocycles. The minimum absolute atomic E-state index is 0.311. The Balaban J connectivity index is 1.97. The van der Waals surface area contributed by atoms with E-state index in [0.717, 1.165) is 16.8 Å². The van der Waals surface area contributed by atoms with Crippen LogP contribution in [0.2, 0.25) is 5.02 Å². The lowest BCUT2D eigenvalue weighted by Crippen LogP contribution is -2.34. The normalized spacial score (nSPS) is 12.6. The van der Waals surface area contributed by atoms with E-state index in [0.29, 0.717) is 10.8 Å². The largest absolute Gasteiger partial charge is 0.481 e. The number of nitrogens with zero attached hydrogens (tertiary/aromatic N) is 1. The molecule has 0 aliphatic heterocycles. The van der Waals surface area contributed by atoms with Crippen molar-refractivity contribution in [3.8, 4) is 5.75 Å². The second-order valence-electron chi connectivity index (χ2n) is 5.21. The summed E-state index contributed by atoms with van der Waals surface area (Å²) >= 11 is 5.91. The Morgan fingerprint density at radius 1 is 1.22 bits per heavy atom. The van der Waals surface area contributed by atoms with Crippen molar-refractivity contribution in [1.82, 2.24) is 5.43 Å². The summed E-state index contributed by atoms with van der Waals surface area (Å²) in [5, 5.41) is 4.74. The summed E-state index contributed by atoms with van der Waals surface area (Å²) in [6.07, 6.45) is -0.665. The van der Waals surface area contributed by atoms with Gasteiger partial charge in [-0.05, 0) is 50.1 Å². The monoisotopic (exact) mass is 330 g/mol. The molecule has 1 unspecified atom stereocenters. The van der Waals surface area contributed by atoms with E-state index in [2.05, 4.69) is 10.5 Å². The van der Waals surface area contributed by atoms with Gasteiger partial charge in [0.05, 0.1) is 5.71 Å².